The summed E-state index contributed by atoms with van der Waals surface area (Å²) in [4.78, 5) is 12.0. The molecule has 0 aliphatic carbocycles. The van der Waals surface area contributed by atoms with Crippen LogP contribution in [0.15, 0.2) is 42.5 Å². The van der Waals surface area contributed by atoms with E-state index in [2.05, 4.69) is 5.32 Å². The number of rotatable bonds is 4. The van der Waals surface area contributed by atoms with E-state index in [0.29, 0.717) is 0 Å². The maximum Gasteiger partial charge on any atom is 0.416 e. The van der Waals surface area contributed by atoms with Gasteiger partial charge in [-0.25, -0.2) is 0 Å². The maximum absolute atomic E-state index is 12.7. The lowest BCUT2D eigenvalue weighted by Crippen LogP contribution is -2.15. The standard InChI is InChI=1S/C17H15ClF3NO/c1-2-11-3-5-12(6-4-11)9-16(23)22-15-10-13(17(19,20)21)7-8-14(15)18/h3-8,10H,2,9H2,1H3,(H,22,23). The van der Waals surface area contributed by atoms with Gasteiger partial charge < -0.3 is 5.32 Å². The number of hydrogen-bond donors (Lipinski definition) is 1. The highest BCUT2D eigenvalue weighted by Gasteiger charge is 2.31. The fourth-order valence-electron chi connectivity index (χ4n) is 2.07. The molecule has 0 aromatic heterocycles. The van der Waals surface area contributed by atoms with Crippen molar-refractivity contribution in [3.63, 3.8) is 0 Å². The Bertz CT molecular complexity index is 696. The molecule has 0 aliphatic heterocycles. The van der Waals surface area contributed by atoms with Crippen molar-refractivity contribution in [2.75, 3.05) is 5.32 Å². The lowest BCUT2D eigenvalue weighted by atomic mass is 10.1. The molecular weight excluding hydrogens is 327 g/mol. The van der Waals surface area contributed by atoms with E-state index < -0.39 is 17.6 Å². The van der Waals surface area contributed by atoms with Crippen LogP contribution in [0, 0.1) is 0 Å². The van der Waals surface area contributed by atoms with Crippen LogP contribution in [0.5, 0.6) is 0 Å². The minimum Gasteiger partial charge on any atom is -0.324 e. The Morgan fingerprint density at radius 1 is 1.09 bits per heavy atom. The minimum absolute atomic E-state index is 0.0447. The van der Waals surface area contributed by atoms with Gasteiger partial charge in [0.2, 0.25) is 5.91 Å². The Morgan fingerprint density at radius 2 is 1.70 bits per heavy atom. The number of nitrogens with one attached hydrogen (secondary N) is 1. The fourth-order valence-corrected chi connectivity index (χ4v) is 2.23. The quantitative estimate of drug-likeness (QED) is 0.823. The van der Waals surface area contributed by atoms with Gasteiger partial charge in [0.15, 0.2) is 0 Å². The molecule has 2 aromatic rings. The van der Waals surface area contributed by atoms with Crippen LogP contribution in [0.4, 0.5) is 18.9 Å². The molecule has 2 nitrogen and oxygen atoms in total. The van der Waals surface area contributed by atoms with Gasteiger partial charge in [-0.15, -0.1) is 0 Å². The first-order chi connectivity index (χ1) is 10.8. The second-order valence-corrected chi connectivity index (χ2v) is 5.49. The molecule has 23 heavy (non-hydrogen) atoms. The average Bonchev–Trinajstić information content (AvgIpc) is 2.49. The van der Waals surface area contributed by atoms with E-state index in [4.69, 9.17) is 11.6 Å². The molecule has 0 fully saturated rings. The summed E-state index contributed by atoms with van der Waals surface area (Å²) < 4.78 is 38.1. The Kier molecular flexibility index (Phi) is 5.31. The van der Waals surface area contributed by atoms with Gasteiger partial charge in [0.1, 0.15) is 0 Å². The Balaban J connectivity index is 2.10. The minimum atomic E-state index is -4.49. The molecule has 6 heteroatoms. The van der Waals surface area contributed by atoms with Gasteiger partial charge in [-0.05, 0) is 35.7 Å². The van der Waals surface area contributed by atoms with Gasteiger partial charge in [-0.3, -0.25) is 4.79 Å². The molecule has 2 rings (SSSR count). The van der Waals surface area contributed by atoms with Crippen LogP contribution < -0.4 is 5.32 Å². The summed E-state index contributed by atoms with van der Waals surface area (Å²) in [5, 5.41) is 2.49. The van der Waals surface area contributed by atoms with Crippen molar-refractivity contribution in [1.29, 1.82) is 0 Å². The van der Waals surface area contributed by atoms with E-state index in [1.54, 1.807) is 0 Å². The first-order valence-electron chi connectivity index (χ1n) is 7.04. The van der Waals surface area contributed by atoms with Crippen LogP contribution in [0.1, 0.15) is 23.6 Å². The van der Waals surface area contributed by atoms with Crippen LogP contribution in [-0.2, 0) is 23.8 Å². The van der Waals surface area contributed by atoms with E-state index in [1.165, 1.54) is 0 Å². The molecule has 1 N–H and O–H groups in total. The number of carbonyl (C=O) groups excluding carboxylic acids is 1. The molecule has 0 atom stereocenters. The summed E-state index contributed by atoms with van der Waals surface area (Å²) in [7, 11) is 0. The van der Waals surface area contributed by atoms with Crippen LogP contribution in [0.25, 0.3) is 0 Å². The Labute approximate surface area is 137 Å². The number of alkyl halides is 3. The van der Waals surface area contributed by atoms with Gasteiger partial charge in [0.05, 0.1) is 22.7 Å². The van der Waals surface area contributed by atoms with Crippen molar-refractivity contribution in [1.82, 2.24) is 0 Å². The predicted molar refractivity (Wildman–Crippen MR) is 84.6 cm³/mol. The molecule has 0 unspecified atom stereocenters. The smallest absolute Gasteiger partial charge is 0.324 e. The SMILES string of the molecule is CCc1ccc(CC(=O)Nc2cc(C(F)(F)F)ccc2Cl)cc1. The van der Waals surface area contributed by atoms with Gasteiger partial charge in [0, 0.05) is 0 Å². The fraction of sp³-hybridized carbons (Fsp3) is 0.235. The van der Waals surface area contributed by atoms with Crippen LogP contribution in [-0.4, -0.2) is 5.91 Å². The number of amides is 1. The molecule has 0 radical (unpaired) electrons. The predicted octanol–water partition coefficient (Wildman–Crippen LogP) is 5.10. The molecule has 0 spiro atoms. The van der Waals surface area contributed by atoms with Gasteiger partial charge in [-0.2, -0.15) is 13.2 Å². The molecule has 0 saturated heterocycles. The topological polar surface area (TPSA) is 29.1 Å². The highest BCUT2D eigenvalue weighted by molar-refractivity contribution is 6.33. The summed E-state index contributed by atoms with van der Waals surface area (Å²) in [6.45, 7) is 2.03. The Morgan fingerprint density at radius 3 is 2.26 bits per heavy atom. The number of hydrogen-bond acceptors (Lipinski definition) is 1. The molecule has 1 amide bonds. The second-order valence-electron chi connectivity index (χ2n) is 5.09. The summed E-state index contributed by atoms with van der Waals surface area (Å²) in [5.74, 6) is -0.421. The molecule has 2 aromatic carbocycles. The van der Waals surface area contributed by atoms with Crippen molar-refractivity contribution in [3.8, 4) is 0 Å². The largest absolute Gasteiger partial charge is 0.416 e. The number of halogens is 4. The highest BCUT2D eigenvalue weighted by atomic mass is 35.5. The van der Waals surface area contributed by atoms with Crippen molar-refractivity contribution < 1.29 is 18.0 Å². The van der Waals surface area contributed by atoms with Crippen molar-refractivity contribution in [2.45, 2.75) is 25.9 Å². The van der Waals surface area contributed by atoms with Crippen LogP contribution in [0.2, 0.25) is 5.02 Å². The zero-order chi connectivity index (χ0) is 17.0. The van der Waals surface area contributed by atoms with Crippen LogP contribution in [0.3, 0.4) is 0 Å². The van der Waals surface area contributed by atoms with Gasteiger partial charge >= 0.3 is 6.18 Å². The molecule has 0 bridgehead atoms. The maximum atomic E-state index is 12.7. The molecule has 0 heterocycles. The monoisotopic (exact) mass is 341 g/mol. The van der Waals surface area contributed by atoms with E-state index >= 15 is 0 Å². The first-order valence-corrected chi connectivity index (χ1v) is 7.42. The van der Waals surface area contributed by atoms with Crippen LogP contribution >= 0.6 is 11.6 Å². The highest BCUT2D eigenvalue weighted by Crippen LogP contribution is 2.33. The molecule has 0 saturated carbocycles. The zero-order valence-corrected chi connectivity index (χ0v) is 13.1. The first kappa shape index (κ1) is 17.3. The van der Waals surface area contributed by atoms with E-state index in [0.717, 1.165) is 35.7 Å². The Hall–Kier alpha value is -2.01. The average molecular weight is 342 g/mol. The van der Waals surface area contributed by atoms with Crippen molar-refractivity contribution in [3.05, 3.63) is 64.2 Å². The van der Waals surface area contributed by atoms with Crippen molar-refractivity contribution in [2.24, 2.45) is 0 Å². The lowest BCUT2D eigenvalue weighted by Gasteiger charge is -2.12. The number of anilines is 1. The summed E-state index contributed by atoms with van der Waals surface area (Å²) in [6.07, 6.45) is -3.52. The summed E-state index contributed by atoms with van der Waals surface area (Å²) in [6, 6.07) is 10.3. The third-order valence-corrected chi connectivity index (χ3v) is 3.69. The number of benzene rings is 2. The van der Waals surface area contributed by atoms with E-state index in [1.807, 2.05) is 31.2 Å². The van der Waals surface area contributed by atoms with E-state index in [-0.39, 0.29) is 17.1 Å². The third kappa shape index (κ3) is 4.73. The summed E-state index contributed by atoms with van der Waals surface area (Å²) >= 11 is 5.85. The zero-order valence-electron chi connectivity index (χ0n) is 12.4. The second kappa shape index (κ2) is 7.04. The van der Waals surface area contributed by atoms with E-state index in [9.17, 15) is 18.0 Å². The molecule has 122 valence electrons. The number of carbonyl (C=O) groups is 1. The molecule has 0 aliphatic rings. The molecular formula is C17H15ClF3NO. The van der Waals surface area contributed by atoms with Gasteiger partial charge in [-0.1, -0.05) is 42.8 Å². The normalized spacial score (nSPS) is 11.3. The van der Waals surface area contributed by atoms with Gasteiger partial charge in [0.25, 0.3) is 0 Å². The lowest BCUT2D eigenvalue weighted by molar-refractivity contribution is -0.137. The third-order valence-electron chi connectivity index (χ3n) is 3.36. The summed E-state index contributed by atoms with van der Waals surface area (Å²) in [5.41, 5.74) is 1.03. The van der Waals surface area contributed by atoms with Crippen molar-refractivity contribution >= 4 is 23.2 Å². The number of aryl methyl sites for hydroxylation is 1.